The zero-order chi connectivity index (χ0) is 31.8. The molecule has 0 aliphatic heterocycles. The zero-order valence-corrected chi connectivity index (χ0v) is 26.5. The van der Waals surface area contributed by atoms with Gasteiger partial charge < -0.3 is 4.74 Å². The first-order valence-electron chi connectivity index (χ1n) is 16.1. The molecule has 0 aromatic heterocycles. The van der Waals surface area contributed by atoms with Gasteiger partial charge >= 0.3 is 0 Å². The van der Waals surface area contributed by atoms with Crippen LogP contribution in [0.5, 0.6) is 5.75 Å². The predicted octanol–water partition coefficient (Wildman–Crippen LogP) is 10.1. The highest BCUT2D eigenvalue weighted by Gasteiger charge is 2.26. The van der Waals surface area contributed by atoms with Gasteiger partial charge in [0.05, 0.1) is 7.11 Å². The van der Waals surface area contributed by atoms with Crippen LogP contribution in [0.25, 0.3) is 44.9 Å². The van der Waals surface area contributed by atoms with Gasteiger partial charge in [-0.25, -0.2) is 0 Å². The minimum Gasteiger partial charge on any atom is -0.496 e. The molecule has 0 fully saturated rings. The van der Waals surface area contributed by atoms with E-state index in [1.165, 1.54) is 55.3 Å². The van der Waals surface area contributed by atoms with Crippen molar-refractivity contribution in [3.8, 4) is 39.1 Å². The maximum atomic E-state index is 5.84. The van der Waals surface area contributed by atoms with Gasteiger partial charge in [0.1, 0.15) is 5.75 Å². The third-order valence-corrected chi connectivity index (χ3v) is 8.79. The van der Waals surface area contributed by atoms with Gasteiger partial charge in [0.2, 0.25) is 6.71 Å². The molecule has 0 saturated carbocycles. The molecule has 0 spiro atoms. The monoisotopic (exact) mass is 602 g/mol. The van der Waals surface area contributed by atoms with Crippen LogP contribution in [0, 0.1) is 0 Å². The van der Waals surface area contributed by atoms with Crippen LogP contribution in [0.1, 0.15) is 11.1 Å². The maximum Gasteiger partial charge on any atom is 0.241 e. The summed E-state index contributed by atoms with van der Waals surface area (Å²) in [4.78, 5) is 0. The van der Waals surface area contributed by atoms with Gasteiger partial charge in [0, 0.05) is 5.56 Å². The number of ether oxygens (including phenoxy) is 1. The second kappa shape index (κ2) is 14.1. The molecule has 224 valence electrons. The van der Waals surface area contributed by atoms with Gasteiger partial charge in [0.15, 0.2) is 0 Å². The zero-order valence-electron chi connectivity index (χ0n) is 26.5. The standard InChI is InChI=1S/C45H35BO/c1-47-45-20-12-11-19-41(45)33-44(40-23-21-37(22-24-40)34-13-5-2-6-14-34)46(42-29-25-38(26-30-42)35-15-7-3-8-16-35)43-31-27-39(28-32-43)36-17-9-4-10-18-36/h2-33H,1H3/b44-33-. The molecule has 0 amide bonds. The molecular formula is C45H35BO. The average Bonchev–Trinajstić information content (AvgIpc) is 3.16. The lowest BCUT2D eigenvalue weighted by Gasteiger charge is -2.21. The molecule has 0 heterocycles. The highest BCUT2D eigenvalue weighted by molar-refractivity contribution is 7.00. The minimum absolute atomic E-state index is 0.0304. The Morgan fingerprint density at radius 3 is 1.19 bits per heavy atom. The molecule has 7 rings (SSSR count). The number of benzene rings is 7. The fraction of sp³-hybridized carbons (Fsp3) is 0.0222. The van der Waals surface area contributed by atoms with Crippen LogP contribution in [0.2, 0.25) is 0 Å². The Bertz CT molecular complexity index is 1980. The maximum absolute atomic E-state index is 5.84. The van der Waals surface area contributed by atoms with E-state index in [4.69, 9.17) is 4.74 Å². The lowest BCUT2D eigenvalue weighted by molar-refractivity contribution is 0.414. The van der Waals surface area contributed by atoms with Crippen LogP contribution >= 0.6 is 0 Å². The van der Waals surface area contributed by atoms with Crippen LogP contribution in [0.3, 0.4) is 0 Å². The topological polar surface area (TPSA) is 9.23 Å². The molecule has 0 atom stereocenters. The molecule has 0 bridgehead atoms. The summed E-state index contributed by atoms with van der Waals surface area (Å²) in [7, 11) is 1.74. The van der Waals surface area contributed by atoms with Crippen molar-refractivity contribution in [2.24, 2.45) is 0 Å². The fourth-order valence-corrected chi connectivity index (χ4v) is 6.32. The first kappa shape index (κ1) is 29.8. The largest absolute Gasteiger partial charge is 0.496 e. The van der Waals surface area contributed by atoms with E-state index >= 15 is 0 Å². The molecule has 0 unspecified atom stereocenters. The lowest BCUT2D eigenvalue weighted by atomic mass is 9.35. The van der Waals surface area contributed by atoms with Crippen molar-refractivity contribution in [2.45, 2.75) is 0 Å². The molecule has 0 radical (unpaired) electrons. The van der Waals surface area contributed by atoms with E-state index in [9.17, 15) is 0 Å². The van der Waals surface area contributed by atoms with Crippen LogP contribution in [-0.4, -0.2) is 13.8 Å². The number of hydrogen-bond donors (Lipinski definition) is 0. The lowest BCUT2D eigenvalue weighted by Crippen LogP contribution is -2.43. The van der Waals surface area contributed by atoms with E-state index in [1.807, 2.05) is 12.1 Å². The molecule has 0 aliphatic rings. The number of para-hydroxylation sites is 1. The summed E-state index contributed by atoms with van der Waals surface area (Å²) in [5.74, 6) is 0.850. The Balaban J connectivity index is 1.39. The van der Waals surface area contributed by atoms with Crippen molar-refractivity contribution in [3.05, 3.63) is 199 Å². The quantitative estimate of drug-likeness (QED) is 0.118. The van der Waals surface area contributed by atoms with E-state index in [-0.39, 0.29) is 6.71 Å². The molecular weight excluding hydrogens is 567 g/mol. The van der Waals surface area contributed by atoms with Crippen LogP contribution in [-0.2, 0) is 0 Å². The summed E-state index contributed by atoms with van der Waals surface area (Å²) in [6.45, 7) is -0.0304. The Hall–Kier alpha value is -5.86. The third kappa shape index (κ3) is 6.73. The summed E-state index contributed by atoms with van der Waals surface area (Å²) in [5, 5.41) is 0. The van der Waals surface area contributed by atoms with Crippen LogP contribution in [0.15, 0.2) is 188 Å². The van der Waals surface area contributed by atoms with Crippen molar-refractivity contribution in [1.29, 1.82) is 0 Å². The van der Waals surface area contributed by atoms with Gasteiger partial charge in [-0.05, 0) is 45.0 Å². The number of rotatable bonds is 9. The average molecular weight is 603 g/mol. The highest BCUT2D eigenvalue weighted by atomic mass is 16.5. The summed E-state index contributed by atoms with van der Waals surface area (Å²) in [5.41, 5.74) is 13.1. The Morgan fingerprint density at radius 2 is 0.766 bits per heavy atom. The minimum atomic E-state index is -0.0304. The van der Waals surface area contributed by atoms with Gasteiger partial charge in [-0.1, -0.05) is 204 Å². The van der Waals surface area contributed by atoms with Gasteiger partial charge in [-0.3, -0.25) is 0 Å². The highest BCUT2D eigenvalue weighted by Crippen LogP contribution is 2.30. The third-order valence-electron chi connectivity index (χ3n) is 8.79. The van der Waals surface area contributed by atoms with Crippen LogP contribution < -0.4 is 15.7 Å². The molecule has 1 nitrogen and oxygen atoms in total. The first-order valence-corrected chi connectivity index (χ1v) is 16.1. The Labute approximate surface area is 278 Å². The van der Waals surface area contributed by atoms with Crippen molar-refractivity contribution in [1.82, 2.24) is 0 Å². The van der Waals surface area contributed by atoms with E-state index in [2.05, 4.69) is 182 Å². The molecule has 7 aromatic rings. The summed E-state index contributed by atoms with van der Waals surface area (Å²) in [6.07, 6.45) is 2.30. The first-order chi connectivity index (χ1) is 23.3. The Morgan fingerprint density at radius 1 is 0.404 bits per heavy atom. The second-order valence-electron chi connectivity index (χ2n) is 11.7. The van der Waals surface area contributed by atoms with Crippen molar-refractivity contribution >= 4 is 29.2 Å². The molecule has 47 heavy (non-hydrogen) atoms. The smallest absolute Gasteiger partial charge is 0.241 e. The van der Waals surface area contributed by atoms with Crippen molar-refractivity contribution < 1.29 is 4.74 Å². The molecule has 7 aromatic carbocycles. The van der Waals surface area contributed by atoms with E-state index in [0.29, 0.717) is 0 Å². The summed E-state index contributed by atoms with van der Waals surface area (Å²) >= 11 is 0. The summed E-state index contributed by atoms with van der Waals surface area (Å²) < 4.78 is 5.84. The predicted molar refractivity (Wildman–Crippen MR) is 202 cm³/mol. The second-order valence-corrected chi connectivity index (χ2v) is 11.7. The number of methoxy groups -OCH3 is 1. The van der Waals surface area contributed by atoms with Gasteiger partial charge in [-0.15, -0.1) is 0 Å². The van der Waals surface area contributed by atoms with E-state index < -0.39 is 0 Å². The van der Waals surface area contributed by atoms with E-state index in [1.54, 1.807) is 7.11 Å². The summed E-state index contributed by atoms with van der Waals surface area (Å²) in [6, 6.07) is 67.0. The van der Waals surface area contributed by atoms with Crippen molar-refractivity contribution in [3.63, 3.8) is 0 Å². The molecule has 0 aliphatic carbocycles. The van der Waals surface area contributed by atoms with Crippen molar-refractivity contribution in [2.75, 3.05) is 7.11 Å². The van der Waals surface area contributed by atoms with Gasteiger partial charge in [-0.2, -0.15) is 0 Å². The fourth-order valence-electron chi connectivity index (χ4n) is 6.32. The van der Waals surface area contributed by atoms with Gasteiger partial charge in [0.25, 0.3) is 0 Å². The SMILES string of the molecule is COc1ccccc1/C=C(\B(c1ccc(-c2ccccc2)cc1)c1ccc(-c2ccccc2)cc1)c1ccc(-c2ccccc2)cc1. The van der Waals surface area contributed by atoms with Crippen LogP contribution in [0.4, 0.5) is 0 Å². The normalized spacial score (nSPS) is 11.2. The molecule has 0 N–H and O–H groups in total. The molecule has 2 heteroatoms. The van der Waals surface area contributed by atoms with E-state index in [0.717, 1.165) is 11.3 Å². The number of hydrogen-bond acceptors (Lipinski definition) is 1. The molecule has 0 saturated heterocycles. The Kier molecular flexibility index (Phi) is 8.92.